The van der Waals surface area contributed by atoms with Crippen LogP contribution in [0.25, 0.3) is 0 Å². The summed E-state index contributed by atoms with van der Waals surface area (Å²) in [5.41, 5.74) is 0.458. The largest absolute Gasteiger partial charge is 0.389 e. The second-order valence-electron chi connectivity index (χ2n) is 4.16. The molecule has 0 heterocycles. The smallest absolute Gasteiger partial charge is 0.0715 e. The zero-order chi connectivity index (χ0) is 11.5. The SMILES string of the molecule is CC(C)(O)CNCc1ccc(Cl)c(Br)c1. The zero-order valence-electron chi connectivity index (χ0n) is 8.85. The van der Waals surface area contributed by atoms with Crippen LogP contribution < -0.4 is 5.32 Å². The van der Waals surface area contributed by atoms with E-state index in [-0.39, 0.29) is 0 Å². The van der Waals surface area contributed by atoms with E-state index < -0.39 is 5.60 Å². The van der Waals surface area contributed by atoms with Crippen LogP contribution in [0.5, 0.6) is 0 Å². The van der Waals surface area contributed by atoms with E-state index in [4.69, 9.17) is 11.6 Å². The molecular weight excluding hydrogens is 277 g/mol. The number of nitrogens with one attached hydrogen (secondary N) is 1. The highest BCUT2D eigenvalue weighted by Crippen LogP contribution is 2.23. The summed E-state index contributed by atoms with van der Waals surface area (Å²) in [7, 11) is 0. The highest BCUT2D eigenvalue weighted by Gasteiger charge is 2.10. The molecule has 0 bridgehead atoms. The molecule has 0 aliphatic rings. The van der Waals surface area contributed by atoms with E-state index in [9.17, 15) is 5.11 Å². The molecular formula is C11H15BrClNO. The van der Waals surface area contributed by atoms with Gasteiger partial charge in [-0.1, -0.05) is 17.7 Å². The standard InChI is InChI=1S/C11H15BrClNO/c1-11(2,15)7-14-6-8-3-4-10(13)9(12)5-8/h3-5,14-15H,6-7H2,1-2H3. The van der Waals surface area contributed by atoms with Crippen molar-refractivity contribution in [3.05, 3.63) is 33.3 Å². The third-order valence-corrected chi connectivity index (χ3v) is 3.08. The van der Waals surface area contributed by atoms with Gasteiger partial charge in [0.15, 0.2) is 0 Å². The molecule has 0 aliphatic heterocycles. The first-order valence-corrected chi connectivity index (χ1v) is 5.92. The molecule has 0 saturated heterocycles. The van der Waals surface area contributed by atoms with Crippen LogP contribution >= 0.6 is 27.5 Å². The Bertz CT molecular complexity index is 336. The lowest BCUT2D eigenvalue weighted by Gasteiger charge is -2.17. The highest BCUT2D eigenvalue weighted by atomic mass is 79.9. The van der Waals surface area contributed by atoms with E-state index in [1.165, 1.54) is 0 Å². The first-order chi connectivity index (χ1) is 6.88. The van der Waals surface area contributed by atoms with Crippen LogP contribution in [0.15, 0.2) is 22.7 Å². The van der Waals surface area contributed by atoms with Gasteiger partial charge in [-0.25, -0.2) is 0 Å². The van der Waals surface area contributed by atoms with Gasteiger partial charge >= 0.3 is 0 Å². The monoisotopic (exact) mass is 291 g/mol. The Kier molecular flexibility index (Phi) is 4.59. The maximum Gasteiger partial charge on any atom is 0.0715 e. The molecule has 1 rings (SSSR count). The molecule has 2 N–H and O–H groups in total. The summed E-state index contributed by atoms with van der Waals surface area (Å²) in [4.78, 5) is 0. The van der Waals surface area contributed by atoms with Crippen LogP contribution in [0.1, 0.15) is 19.4 Å². The van der Waals surface area contributed by atoms with E-state index in [1.54, 1.807) is 13.8 Å². The molecule has 2 nitrogen and oxygen atoms in total. The summed E-state index contributed by atoms with van der Waals surface area (Å²) in [6.07, 6.45) is 0. The second-order valence-corrected chi connectivity index (χ2v) is 5.43. The number of benzene rings is 1. The number of aliphatic hydroxyl groups is 1. The lowest BCUT2D eigenvalue weighted by Crippen LogP contribution is -2.34. The zero-order valence-corrected chi connectivity index (χ0v) is 11.2. The minimum atomic E-state index is -0.677. The lowest BCUT2D eigenvalue weighted by atomic mass is 10.1. The van der Waals surface area contributed by atoms with Crippen molar-refractivity contribution >= 4 is 27.5 Å². The van der Waals surface area contributed by atoms with Crippen molar-refractivity contribution in [2.24, 2.45) is 0 Å². The molecule has 0 atom stereocenters. The third kappa shape index (κ3) is 4.98. The molecule has 4 heteroatoms. The van der Waals surface area contributed by atoms with Gasteiger partial charge in [-0.15, -0.1) is 0 Å². The molecule has 0 radical (unpaired) electrons. The Morgan fingerprint density at radius 1 is 1.47 bits per heavy atom. The normalized spacial score (nSPS) is 11.8. The average molecular weight is 293 g/mol. The van der Waals surface area contributed by atoms with Crippen molar-refractivity contribution < 1.29 is 5.11 Å². The number of halogens is 2. The predicted octanol–water partition coefficient (Wildman–Crippen LogP) is 2.96. The minimum Gasteiger partial charge on any atom is -0.389 e. The van der Waals surface area contributed by atoms with Gasteiger partial charge in [-0.3, -0.25) is 0 Å². The number of rotatable bonds is 4. The van der Waals surface area contributed by atoms with Crippen LogP contribution in [0.4, 0.5) is 0 Å². The lowest BCUT2D eigenvalue weighted by molar-refractivity contribution is 0.0795. The summed E-state index contributed by atoms with van der Waals surface area (Å²) in [5.74, 6) is 0. The molecule has 0 saturated carbocycles. The maximum absolute atomic E-state index is 9.50. The minimum absolute atomic E-state index is 0.563. The van der Waals surface area contributed by atoms with Crippen LogP contribution in [0, 0.1) is 0 Å². The van der Waals surface area contributed by atoms with Gasteiger partial charge in [0.1, 0.15) is 0 Å². The van der Waals surface area contributed by atoms with Gasteiger partial charge in [0.2, 0.25) is 0 Å². The summed E-state index contributed by atoms with van der Waals surface area (Å²) in [5, 5.41) is 13.4. The van der Waals surface area contributed by atoms with Gasteiger partial charge in [-0.2, -0.15) is 0 Å². The van der Waals surface area contributed by atoms with Gasteiger partial charge in [0.05, 0.1) is 10.6 Å². The van der Waals surface area contributed by atoms with E-state index >= 15 is 0 Å². The fourth-order valence-corrected chi connectivity index (χ4v) is 1.71. The topological polar surface area (TPSA) is 32.3 Å². The molecule has 0 aromatic heterocycles. The van der Waals surface area contributed by atoms with Crippen molar-refractivity contribution in [2.45, 2.75) is 26.0 Å². The summed E-state index contributed by atoms with van der Waals surface area (Å²) in [6.45, 7) is 4.84. The molecule has 0 unspecified atom stereocenters. The molecule has 0 fully saturated rings. The van der Waals surface area contributed by atoms with Gasteiger partial charge in [0.25, 0.3) is 0 Å². The van der Waals surface area contributed by atoms with E-state index in [2.05, 4.69) is 21.2 Å². The van der Waals surface area contributed by atoms with Crippen molar-refractivity contribution in [1.29, 1.82) is 0 Å². The number of hydrogen-bond donors (Lipinski definition) is 2. The van der Waals surface area contributed by atoms with E-state index in [0.717, 1.165) is 16.6 Å². The fraction of sp³-hybridized carbons (Fsp3) is 0.455. The molecule has 0 amide bonds. The first kappa shape index (κ1) is 13.0. The Balaban J connectivity index is 2.48. The molecule has 1 aromatic carbocycles. The third-order valence-electron chi connectivity index (χ3n) is 1.87. The summed E-state index contributed by atoms with van der Waals surface area (Å²) >= 11 is 9.25. The molecule has 1 aromatic rings. The first-order valence-electron chi connectivity index (χ1n) is 4.75. The Morgan fingerprint density at radius 2 is 2.13 bits per heavy atom. The molecule has 0 aliphatic carbocycles. The van der Waals surface area contributed by atoms with Gasteiger partial charge in [-0.05, 0) is 47.5 Å². The van der Waals surface area contributed by atoms with E-state index in [0.29, 0.717) is 11.6 Å². The maximum atomic E-state index is 9.50. The number of hydrogen-bond acceptors (Lipinski definition) is 2. The predicted molar refractivity (Wildman–Crippen MR) is 67.2 cm³/mol. The van der Waals surface area contributed by atoms with Gasteiger partial charge < -0.3 is 10.4 Å². The average Bonchev–Trinajstić information content (AvgIpc) is 2.09. The van der Waals surface area contributed by atoms with Crippen LogP contribution in [-0.2, 0) is 6.54 Å². The van der Waals surface area contributed by atoms with Crippen LogP contribution in [0.3, 0.4) is 0 Å². The molecule has 0 spiro atoms. The van der Waals surface area contributed by atoms with Gasteiger partial charge in [0, 0.05) is 17.6 Å². The molecule has 84 valence electrons. The van der Waals surface area contributed by atoms with E-state index in [1.807, 2.05) is 18.2 Å². The van der Waals surface area contributed by atoms with Crippen molar-refractivity contribution in [1.82, 2.24) is 5.32 Å². The van der Waals surface area contributed by atoms with Crippen LogP contribution in [-0.4, -0.2) is 17.3 Å². The van der Waals surface area contributed by atoms with Crippen molar-refractivity contribution in [3.63, 3.8) is 0 Å². The Hall–Kier alpha value is -0.0900. The quantitative estimate of drug-likeness (QED) is 0.894. The molecule has 15 heavy (non-hydrogen) atoms. The fourth-order valence-electron chi connectivity index (χ4n) is 1.16. The summed E-state index contributed by atoms with van der Waals surface area (Å²) < 4.78 is 0.895. The summed E-state index contributed by atoms with van der Waals surface area (Å²) in [6, 6.07) is 5.79. The van der Waals surface area contributed by atoms with Crippen LogP contribution in [0.2, 0.25) is 5.02 Å². The Labute approximate surface area is 104 Å². The van der Waals surface area contributed by atoms with Crippen molar-refractivity contribution in [3.8, 4) is 0 Å². The second kappa shape index (κ2) is 5.30. The Morgan fingerprint density at radius 3 is 2.67 bits per heavy atom. The van der Waals surface area contributed by atoms with Crippen molar-refractivity contribution in [2.75, 3.05) is 6.54 Å². The highest BCUT2D eigenvalue weighted by molar-refractivity contribution is 9.10.